The van der Waals surface area contributed by atoms with Crippen LogP contribution in [0.2, 0.25) is 0 Å². The van der Waals surface area contributed by atoms with Crippen LogP contribution in [-0.2, 0) is 28.5 Å². The van der Waals surface area contributed by atoms with Crippen LogP contribution in [0, 0.1) is 0 Å². The van der Waals surface area contributed by atoms with Crippen molar-refractivity contribution >= 4 is 11.9 Å². The highest BCUT2D eigenvalue weighted by Crippen LogP contribution is 2.23. The fourth-order valence-electron chi connectivity index (χ4n) is 6.95. The van der Waals surface area contributed by atoms with Gasteiger partial charge in [0.15, 0.2) is 12.4 Å². The molecule has 10 heteroatoms. The molecule has 0 spiro atoms. The number of aliphatic hydroxyl groups excluding tert-OH is 4. The molecule has 0 amide bonds. The lowest BCUT2D eigenvalue weighted by Gasteiger charge is -2.39. The van der Waals surface area contributed by atoms with Gasteiger partial charge in [-0.25, -0.2) is 0 Å². The molecule has 6 atom stereocenters. The van der Waals surface area contributed by atoms with Crippen molar-refractivity contribution in [1.29, 1.82) is 0 Å². The molecule has 0 aromatic carbocycles. The normalized spacial score (nSPS) is 20.8. The summed E-state index contributed by atoms with van der Waals surface area (Å²) in [5, 5.41) is 40.0. The van der Waals surface area contributed by atoms with Gasteiger partial charge in [-0.05, 0) is 12.8 Å². The molecule has 1 aliphatic heterocycles. The number of carbonyl (C=O) groups is 2. The van der Waals surface area contributed by atoms with E-state index in [1.54, 1.807) is 0 Å². The summed E-state index contributed by atoms with van der Waals surface area (Å²) < 4.78 is 22.1. The third kappa shape index (κ3) is 27.0. The molecule has 6 unspecified atom stereocenters. The molecule has 1 aliphatic rings. The summed E-state index contributed by atoms with van der Waals surface area (Å²) in [4.78, 5) is 25.3. The first-order chi connectivity index (χ1) is 25.8. The minimum Gasteiger partial charge on any atom is -0.462 e. The van der Waals surface area contributed by atoms with E-state index in [2.05, 4.69) is 13.8 Å². The summed E-state index contributed by atoms with van der Waals surface area (Å²) in [6.45, 7) is 3.44. The first-order valence-corrected chi connectivity index (χ1v) is 22.1. The Hall–Kier alpha value is -1.30. The van der Waals surface area contributed by atoms with Crippen LogP contribution in [0.5, 0.6) is 0 Å². The van der Waals surface area contributed by atoms with Crippen molar-refractivity contribution in [3.63, 3.8) is 0 Å². The lowest BCUT2D eigenvalue weighted by molar-refractivity contribution is -0.305. The van der Waals surface area contributed by atoms with Crippen molar-refractivity contribution in [2.24, 2.45) is 0 Å². The van der Waals surface area contributed by atoms with Gasteiger partial charge in [0, 0.05) is 12.8 Å². The average molecular weight is 759 g/mol. The second kappa shape index (κ2) is 35.1. The van der Waals surface area contributed by atoms with E-state index in [4.69, 9.17) is 18.9 Å². The smallest absolute Gasteiger partial charge is 0.306 e. The molecule has 0 aliphatic carbocycles. The Balaban J connectivity index is 2.32. The number of hydrogen-bond donors (Lipinski definition) is 4. The van der Waals surface area contributed by atoms with E-state index in [1.165, 1.54) is 135 Å². The van der Waals surface area contributed by atoms with Crippen LogP contribution in [0.4, 0.5) is 0 Å². The van der Waals surface area contributed by atoms with Crippen LogP contribution in [0.1, 0.15) is 206 Å². The first kappa shape index (κ1) is 49.7. The van der Waals surface area contributed by atoms with E-state index in [0.717, 1.165) is 38.5 Å². The highest BCUT2D eigenvalue weighted by Gasteiger charge is 2.44. The van der Waals surface area contributed by atoms with Gasteiger partial charge in [-0.3, -0.25) is 9.59 Å². The van der Waals surface area contributed by atoms with Crippen molar-refractivity contribution in [2.45, 2.75) is 243 Å². The second-order valence-corrected chi connectivity index (χ2v) is 15.5. The van der Waals surface area contributed by atoms with E-state index in [9.17, 15) is 30.0 Å². The topological polar surface area (TPSA) is 152 Å². The summed E-state index contributed by atoms with van der Waals surface area (Å²) in [6, 6.07) is 0. The maximum Gasteiger partial charge on any atom is 0.306 e. The summed E-state index contributed by atoms with van der Waals surface area (Å²) in [5.41, 5.74) is 0. The van der Waals surface area contributed by atoms with Crippen LogP contribution in [0.15, 0.2) is 0 Å². The minimum absolute atomic E-state index is 0.209. The maximum absolute atomic E-state index is 12.7. The molecule has 1 saturated heterocycles. The van der Waals surface area contributed by atoms with Gasteiger partial charge in [-0.2, -0.15) is 0 Å². The third-order valence-corrected chi connectivity index (χ3v) is 10.5. The highest BCUT2D eigenvalue weighted by molar-refractivity contribution is 5.70. The lowest BCUT2D eigenvalue weighted by Crippen LogP contribution is -2.59. The molecule has 0 aromatic rings. The number of carbonyl (C=O) groups excluding carboxylic acids is 2. The van der Waals surface area contributed by atoms with E-state index in [-0.39, 0.29) is 32.0 Å². The Morgan fingerprint density at radius 1 is 0.509 bits per heavy atom. The largest absolute Gasteiger partial charge is 0.462 e. The molecule has 0 aromatic heterocycles. The summed E-state index contributed by atoms with van der Waals surface area (Å²) in [5.74, 6) is -0.793. The standard InChI is InChI=1S/C43H82O10/c1-3-5-7-9-11-13-15-17-18-20-22-24-26-28-30-32-39(46)52-36(35-51-43-42(49)41(48)40(47)37(33-44)53-43)34-50-38(45)31-29-27-25-23-21-19-16-14-12-10-8-6-4-2/h36-37,40-44,47-49H,3-35H2,1-2H3. The maximum atomic E-state index is 12.7. The van der Waals surface area contributed by atoms with Gasteiger partial charge < -0.3 is 39.4 Å². The molecule has 314 valence electrons. The van der Waals surface area contributed by atoms with Crippen LogP contribution in [-0.4, -0.2) is 89.0 Å². The van der Waals surface area contributed by atoms with Gasteiger partial charge in [-0.1, -0.05) is 181 Å². The van der Waals surface area contributed by atoms with Gasteiger partial charge in [0.25, 0.3) is 0 Å². The molecule has 4 N–H and O–H groups in total. The van der Waals surface area contributed by atoms with Gasteiger partial charge >= 0.3 is 11.9 Å². The van der Waals surface area contributed by atoms with Crippen molar-refractivity contribution in [3.05, 3.63) is 0 Å². The first-order valence-electron chi connectivity index (χ1n) is 22.1. The van der Waals surface area contributed by atoms with Crippen LogP contribution < -0.4 is 0 Å². The number of esters is 2. The van der Waals surface area contributed by atoms with Gasteiger partial charge in [0.2, 0.25) is 0 Å². The van der Waals surface area contributed by atoms with Crippen LogP contribution in [0.3, 0.4) is 0 Å². The molecule has 53 heavy (non-hydrogen) atoms. The number of rotatable bonds is 37. The fraction of sp³-hybridized carbons (Fsp3) is 0.953. The molecule has 1 heterocycles. The fourth-order valence-corrected chi connectivity index (χ4v) is 6.95. The lowest BCUT2D eigenvalue weighted by atomic mass is 9.99. The van der Waals surface area contributed by atoms with Crippen molar-refractivity contribution in [1.82, 2.24) is 0 Å². The SMILES string of the molecule is CCCCCCCCCCCCCCCCCC(=O)OC(COC(=O)CCCCCCCCCCCCCCC)COC1OC(CO)C(O)C(O)C1O. The number of aliphatic hydroxyl groups is 4. The number of unbranched alkanes of at least 4 members (excludes halogenated alkanes) is 26. The zero-order valence-corrected chi connectivity index (χ0v) is 34.0. The Morgan fingerprint density at radius 2 is 0.887 bits per heavy atom. The average Bonchev–Trinajstić information content (AvgIpc) is 3.15. The minimum atomic E-state index is -1.59. The monoisotopic (exact) mass is 759 g/mol. The van der Waals surface area contributed by atoms with Gasteiger partial charge in [0.1, 0.15) is 31.0 Å². The Kier molecular flexibility index (Phi) is 33.0. The van der Waals surface area contributed by atoms with E-state index in [0.29, 0.717) is 6.42 Å². The molecule has 1 fully saturated rings. The third-order valence-electron chi connectivity index (χ3n) is 10.5. The van der Waals surface area contributed by atoms with E-state index >= 15 is 0 Å². The zero-order valence-electron chi connectivity index (χ0n) is 34.0. The van der Waals surface area contributed by atoms with E-state index < -0.39 is 49.4 Å². The molecular weight excluding hydrogens is 676 g/mol. The predicted molar refractivity (Wildman–Crippen MR) is 210 cm³/mol. The molecule has 1 rings (SSSR count). The molecular formula is C43H82O10. The van der Waals surface area contributed by atoms with Gasteiger partial charge in [0.05, 0.1) is 13.2 Å². The predicted octanol–water partition coefficient (Wildman–Crippen LogP) is 9.00. The van der Waals surface area contributed by atoms with Crippen molar-refractivity contribution in [3.8, 4) is 0 Å². The zero-order chi connectivity index (χ0) is 38.8. The summed E-state index contributed by atoms with van der Waals surface area (Å²) in [7, 11) is 0. The number of ether oxygens (including phenoxy) is 4. The molecule has 10 nitrogen and oxygen atoms in total. The Bertz CT molecular complexity index is 840. The second-order valence-electron chi connectivity index (χ2n) is 15.5. The molecule has 0 radical (unpaired) electrons. The summed E-state index contributed by atoms with van der Waals surface area (Å²) >= 11 is 0. The molecule has 0 bridgehead atoms. The Morgan fingerprint density at radius 3 is 1.28 bits per heavy atom. The molecule has 0 saturated carbocycles. The Labute approximate surface area is 323 Å². The number of hydrogen-bond acceptors (Lipinski definition) is 10. The van der Waals surface area contributed by atoms with E-state index in [1.807, 2.05) is 0 Å². The highest BCUT2D eigenvalue weighted by atomic mass is 16.7. The van der Waals surface area contributed by atoms with Crippen molar-refractivity contribution in [2.75, 3.05) is 19.8 Å². The van der Waals surface area contributed by atoms with Crippen molar-refractivity contribution < 1.29 is 49.0 Å². The van der Waals surface area contributed by atoms with Crippen LogP contribution in [0.25, 0.3) is 0 Å². The van der Waals surface area contributed by atoms with Gasteiger partial charge in [-0.15, -0.1) is 0 Å². The van der Waals surface area contributed by atoms with Crippen LogP contribution >= 0.6 is 0 Å². The summed E-state index contributed by atoms with van der Waals surface area (Å²) in [6.07, 6.45) is 26.8. The quantitative estimate of drug-likeness (QED) is 0.0357.